The zero-order valence-corrected chi connectivity index (χ0v) is 25.8. The topological polar surface area (TPSA) is 105 Å². The maximum atomic E-state index is 14.1. The number of benzene rings is 3. The highest BCUT2D eigenvalue weighted by Crippen LogP contribution is 2.34. The highest BCUT2D eigenvalue weighted by atomic mass is 35.5. The molecule has 3 aromatic carbocycles. The first-order valence-corrected chi connectivity index (χ1v) is 14.9. The van der Waals surface area contributed by atoms with Gasteiger partial charge in [-0.3, -0.25) is 13.9 Å². The van der Waals surface area contributed by atoms with Crippen LogP contribution in [0.1, 0.15) is 24.5 Å². The number of halogens is 2. The number of carbonyl (C=O) groups is 2. The Labute approximate surface area is 251 Å². The zero-order valence-electron chi connectivity index (χ0n) is 23.5. The van der Waals surface area contributed by atoms with E-state index in [0.717, 1.165) is 9.87 Å². The maximum Gasteiger partial charge on any atom is 0.264 e. The molecule has 9 nitrogen and oxygen atoms in total. The molecule has 1 unspecified atom stereocenters. The van der Waals surface area contributed by atoms with Crippen molar-refractivity contribution in [1.29, 1.82) is 0 Å². The second-order valence-corrected chi connectivity index (χ2v) is 11.9. The van der Waals surface area contributed by atoms with Gasteiger partial charge in [-0.25, -0.2) is 8.42 Å². The molecule has 0 bridgehead atoms. The van der Waals surface area contributed by atoms with Crippen LogP contribution in [-0.2, 0) is 26.2 Å². The Kier molecular flexibility index (Phi) is 10.9. The van der Waals surface area contributed by atoms with Crippen molar-refractivity contribution < 1.29 is 27.5 Å². The van der Waals surface area contributed by atoms with Crippen LogP contribution in [0.3, 0.4) is 0 Å². The van der Waals surface area contributed by atoms with Crippen molar-refractivity contribution >= 4 is 50.7 Å². The first kappa shape index (κ1) is 32.0. The number of likely N-dealkylation sites (N-methyl/N-ethyl adjacent to an activating group) is 1. The summed E-state index contributed by atoms with van der Waals surface area (Å²) in [5.41, 5.74) is 1.60. The minimum atomic E-state index is -4.24. The van der Waals surface area contributed by atoms with Gasteiger partial charge in [0.2, 0.25) is 11.8 Å². The van der Waals surface area contributed by atoms with E-state index in [9.17, 15) is 18.0 Å². The minimum Gasteiger partial charge on any atom is -0.493 e. The Hall–Kier alpha value is -3.47. The number of hydrogen-bond donors (Lipinski definition) is 1. The van der Waals surface area contributed by atoms with E-state index < -0.39 is 34.4 Å². The zero-order chi connectivity index (χ0) is 30.3. The molecule has 0 aliphatic carbocycles. The van der Waals surface area contributed by atoms with Gasteiger partial charge in [0.15, 0.2) is 11.5 Å². The van der Waals surface area contributed by atoms with Gasteiger partial charge < -0.3 is 19.7 Å². The molecule has 2 amide bonds. The second kappa shape index (κ2) is 13.9. The van der Waals surface area contributed by atoms with Crippen LogP contribution in [0.2, 0.25) is 10.0 Å². The molecule has 220 valence electrons. The third kappa shape index (κ3) is 7.44. The number of anilines is 1. The van der Waals surface area contributed by atoms with E-state index in [0.29, 0.717) is 21.4 Å². The van der Waals surface area contributed by atoms with Crippen LogP contribution >= 0.6 is 23.2 Å². The van der Waals surface area contributed by atoms with Crippen LogP contribution in [-0.4, -0.2) is 59.0 Å². The summed E-state index contributed by atoms with van der Waals surface area (Å²) in [7, 11) is 0.122. The van der Waals surface area contributed by atoms with E-state index in [1.165, 1.54) is 50.4 Å². The average molecular weight is 623 g/mol. The monoisotopic (exact) mass is 621 g/mol. The molecule has 0 heterocycles. The van der Waals surface area contributed by atoms with Crippen molar-refractivity contribution in [2.45, 2.75) is 37.8 Å². The van der Waals surface area contributed by atoms with Gasteiger partial charge in [0, 0.05) is 29.7 Å². The summed E-state index contributed by atoms with van der Waals surface area (Å²) in [6.45, 7) is 2.95. The standard InChI is InChI=1S/C29H33Cl2N3O6S/c1-6-25(29(36)32-3)33(17-20-9-10-21(30)15-24(20)31)28(35)18-34(22-11-14-26(39-4)27(16-22)40-5)41(37,38)23-12-7-19(2)8-13-23/h7-16,25H,6,17-18H2,1-5H3,(H,32,36). The lowest BCUT2D eigenvalue weighted by molar-refractivity contribution is -0.140. The third-order valence-electron chi connectivity index (χ3n) is 6.53. The number of carbonyl (C=O) groups excluding carboxylic acids is 2. The van der Waals surface area contributed by atoms with Crippen molar-refractivity contribution in [3.8, 4) is 11.5 Å². The third-order valence-corrected chi connectivity index (χ3v) is 8.91. The molecule has 0 aliphatic heterocycles. The molecule has 0 aliphatic rings. The molecule has 12 heteroatoms. The fourth-order valence-corrected chi connectivity index (χ4v) is 6.14. The van der Waals surface area contributed by atoms with Crippen molar-refractivity contribution in [1.82, 2.24) is 10.2 Å². The number of aryl methyl sites for hydroxylation is 1. The number of hydrogen-bond acceptors (Lipinski definition) is 6. The summed E-state index contributed by atoms with van der Waals surface area (Å²) in [4.78, 5) is 28.2. The Morgan fingerprint density at radius 1 is 0.951 bits per heavy atom. The van der Waals surface area contributed by atoms with Crippen molar-refractivity contribution in [3.63, 3.8) is 0 Å². The molecule has 1 atom stereocenters. The van der Waals surface area contributed by atoms with Gasteiger partial charge in [0.05, 0.1) is 24.8 Å². The van der Waals surface area contributed by atoms with Crippen LogP contribution in [0.15, 0.2) is 65.6 Å². The van der Waals surface area contributed by atoms with Gasteiger partial charge in [-0.05, 0) is 55.3 Å². The summed E-state index contributed by atoms with van der Waals surface area (Å²) in [6, 6.07) is 14.8. The number of rotatable bonds is 12. The number of sulfonamides is 1. The summed E-state index contributed by atoms with van der Waals surface area (Å²) < 4.78 is 39.7. The normalized spacial score (nSPS) is 11.9. The summed E-state index contributed by atoms with van der Waals surface area (Å²) in [5.74, 6) is -0.343. The highest BCUT2D eigenvalue weighted by molar-refractivity contribution is 7.92. The SMILES string of the molecule is CCC(C(=O)NC)N(Cc1ccc(Cl)cc1Cl)C(=O)CN(c1ccc(OC)c(OC)c1)S(=O)(=O)c1ccc(C)cc1. The van der Waals surface area contributed by atoms with Gasteiger partial charge in [0.1, 0.15) is 12.6 Å². The fourth-order valence-electron chi connectivity index (χ4n) is 4.27. The molecule has 41 heavy (non-hydrogen) atoms. The largest absolute Gasteiger partial charge is 0.493 e. The lowest BCUT2D eigenvalue weighted by atomic mass is 10.1. The quantitative estimate of drug-likeness (QED) is 0.303. The van der Waals surface area contributed by atoms with E-state index in [4.69, 9.17) is 32.7 Å². The van der Waals surface area contributed by atoms with Crippen molar-refractivity contribution in [3.05, 3.63) is 81.8 Å². The molecule has 3 rings (SSSR count). The summed E-state index contributed by atoms with van der Waals surface area (Å²) in [6.07, 6.45) is 0.275. The molecule has 0 aromatic heterocycles. The van der Waals surface area contributed by atoms with Gasteiger partial charge in [-0.1, -0.05) is 53.9 Å². The van der Waals surface area contributed by atoms with Crippen LogP contribution in [0, 0.1) is 6.92 Å². The molecule has 0 saturated carbocycles. The Morgan fingerprint density at radius 3 is 2.17 bits per heavy atom. The molecule has 0 saturated heterocycles. The summed E-state index contributed by atoms with van der Waals surface area (Å²) >= 11 is 12.5. The molecular weight excluding hydrogens is 589 g/mol. The molecular formula is C29H33Cl2N3O6S. The number of nitrogens with one attached hydrogen (secondary N) is 1. The van der Waals surface area contributed by atoms with E-state index in [1.54, 1.807) is 43.3 Å². The lowest BCUT2D eigenvalue weighted by Crippen LogP contribution is -2.51. The molecule has 3 aromatic rings. The first-order valence-electron chi connectivity index (χ1n) is 12.7. The van der Waals surface area contributed by atoms with Gasteiger partial charge in [-0.15, -0.1) is 0 Å². The van der Waals surface area contributed by atoms with Gasteiger partial charge in [0.25, 0.3) is 10.0 Å². The average Bonchev–Trinajstić information content (AvgIpc) is 2.96. The van der Waals surface area contributed by atoms with Crippen LogP contribution in [0.25, 0.3) is 0 Å². The number of nitrogens with zero attached hydrogens (tertiary/aromatic N) is 2. The second-order valence-electron chi connectivity index (χ2n) is 9.16. The predicted molar refractivity (Wildman–Crippen MR) is 160 cm³/mol. The van der Waals surface area contributed by atoms with Crippen molar-refractivity contribution in [2.24, 2.45) is 0 Å². The Morgan fingerprint density at radius 2 is 1.61 bits per heavy atom. The van der Waals surface area contributed by atoms with Crippen LogP contribution in [0.4, 0.5) is 5.69 Å². The number of ether oxygens (including phenoxy) is 2. The first-order chi connectivity index (χ1) is 19.5. The Balaban J connectivity index is 2.13. The van der Waals surface area contributed by atoms with E-state index in [-0.39, 0.29) is 29.3 Å². The molecule has 0 spiro atoms. The van der Waals surface area contributed by atoms with Gasteiger partial charge in [-0.2, -0.15) is 0 Å². The smallest absolute Gasteiger partial charge is 0.264 e. The molecule has 1 N–H and O–H groups in total. The highest BCUT2D eigenvalue weighted by Gasteiger charge is 2.34. The minimum absolute atomic E-state index is 0.00340. The molecule has 0 radical (unpaired) electrons. The lowest BCUT2D eigenvalue weighted by Gasteiger charge is -2.33. The fraction of sp³-hybridized carbons (Fsp3) is 0.310. The predicted octanol–water partition coefficient (Wildman–Crippen LogP) is 5.07. The van der Waals surface area contributed by atoms with E-state index in [1.807, 2.05) is 6.92 Å². The van der Waals surface area contributed by atoms with E-state index >= 15 is 0 Å². The Bertz CT molecular complexity index is 1500. The van der Waals surface area contributed by atoms with Crippen LogP contribution < -0.4 is 19.1 Å². The van der Waals surface area contributed by atoms with Crippen molar-refractivity contribution in [2.75, 3.05) is 32.1 Å². The van der Waals surface area contributed by atoms with Crippen LogP contribution in [0.5, 0.6) is 11.5 Å². The number of methoxy groups -OCH3 is 2. The van der Waals surface area contributed by atoms with E-state index in [2.05, 4.69) is 5.32 Å². The number of amides is 2. The summed E-state index contributed by atoms with van der Waals surface area (Å²) in [5, 5.41) is 3.31. The maximum absolute atomic E-state index is 14.1. The van der Waals surface area contributed by atoms with Gasteiger partial charge >= 0.3 is 0 Å². The molecule has 0 fully saturated rings.